The minimum Gasteiger partial charge on any atom is -0.347 e. The van der Waals surface area contributed by atoms with E-state index in [1.54, 1.807) is 0 Å². The molecule has 1 heterocycles. The average Bonchev–Trinajstić information content (AvgIpc) is 2.74. The van der Waals surface area contributed by atoms with Gasteiger partial charge >= 0.3 is 0 Å². The van der Waals surface area contributed by atoms with Crippen molar-refractivity contribution in [3.63, 3.8) is 0 Å². The summed E-state index contributed by atoms with van der Waals surface area (Å²) >= 11 is 0. The van der Waals surface area contributed by atoms with Gasteiger partial charge in [-0.3, -0.25) is 0 Å². The third-order valence-electron chi connectivity index (χ3n) is 3.51. The molecule has 2 heteroatoms. The summed E-state index contributed by atoms with van der Waals surface area (Å²) in [6, 6.07) is 8.71. The lowest BCUT2D eigenvalue weighted by Crippen LogP contribution is -2.20. The molecule has 1 aromatic heterocycles. The van der Waals surface area contributed by atoms with Crippen LogP contribution in [0.2, 0.25) is 0 Å². The summed E-state index contributed by atoms with van der Waals surface area (Å²) in [7, 11) is 2.18. The molecule has 0 fully saturated rings. The van der Waals surface area contributed by atoms with E-state index in [9.17, 15) is 0 Å². The normalized spacial score (nSPS) is 11.5. The molecule has 0 aliphatic heterocycles. The highest BCUT2D eigenvalue weighted by Crippen LogP contribution is 2.21. The van der Waals surface area contributed by atoms with Crippen molar-refractivity contribution < 1.29 is 0 Å². The molecule has 0 aliphatic carbocycles. The molecule has 92 valence electrons. The maximum atomic E-state index is 2.36. The van der Waals surface area contributed by atoms with E-state index >= 15 is 0 Å². The Hall–Kier alpha value is -1.28. The first-order chi connectivity index (χ1) is 8.26. The Morgan fingerprint density at radius 1 is 1.18 bits per heavy atom. The summed E-state index contributed by atoms with van der Waals surface area (Å²) in [5.41, 5.74) is 2.84. The predicted octanol–water partition coefficient (Wildman–Crippen LogP) is 3.16. The topological polar surface area (TPSA) is 8.17 Å². The molecular formula is C15H22N2. The van der Waals surface area contributed by atoms with E-state index in [0.717, 1.165) is 26.1 Å². The number of aryl methyl sites for hydroxylation is 1. The van der Waals surface area contributed by atoms with Crippen molar-refractivity contribution in [1.29, 1.82) is 0 Å². The zero-order chi connectivity index (χ0) is 12.3. The molecule has 0 saturated heterocycles. The maximum absolute atomic E-state index is 2.36. The summed E-state index contributed by atoms with van der Waals surface area (Å²) in [4.78, 5) is 2.36. The average molecular weight is 230 g/mol. The largest absolute Gasteiger partial charge is 0.347 e. The molecule has 0 radical (unpaired) electrons. The van der Waals surface area contributed by atoms with Gasteiger partial charge in [-0.1, -0.05) is 25.1 Å². The van der Waals surface area contributed by atoms with Crippen molar-refractivity contribution >= 4 is 10.9 Å². The van der Waals surface area contributed by atoms with E-state index in [-0.39, 0.29) is 0 Å². The van der Waals surface area contributed by atoms with Crippen LogP contribution in [-0.2, 0) is 13.0 Å². The highest BCUT2D eigenvalue weighted by molar-refractivity contribution is 5.83. The molecule has 0 spiro atoms. The van der Waals surface area contributed by atoms with Gasteiger partial charge in [-0.15, -0.1) is 0 Å². The first-order valence-electron chi connectivity index (χ1n) is 6.51. The fraction of sp³-hybridized carbons (Fsp3) is 0.467. The molecule has 0 saturated carbocycles. The van der Waals surface area contributed by atoms with Crippen molar-refractivity contribution in [2.45, 2.75) is 26.8 Å². The van der Waals surface area contributed by atoms with Crippen LogP contribution < -0.4 is 0 Å². The van der Waals surface area contributed by atoms with Gasteiger partial charge in [-0.05, 0) is 38.6 Å². The summed E-state index contributed by atoms with van der Waals surface area (Å²) in [5.74, 6) is 0. The standard InChI is InChI=1S/C15H22N2/c1-4-16(3)11-10-13-12-17(5-2)15-9-7-6-8-14(13)15/h6-9,12H,4-5,10-11H2,1-3H3. The number of nitrogens with zero attached hydrogens (tertiary/aromatic N) is 2. The van der Waals surface area contributed by atoms with E-state index in [2.05, 4.69) is 60.8 Å². The van der Waals surface area contributed by atoms with Gasteiger partial charge in [0.25, 0.3) is 0 Å². The smallest absolute Gasteiger partial charge is 0.0483 e. The van der Waals surface area contributed by atoms with Gasteiger partial charge in [-0.2, -0.15) is 0 Å². The second-order valence-corrected chi connectivity index (χ2v) is 4.60. The Labute approximate surface area is 104 Å². The van der Waals surface area contributed by atoms with Crippen LogP contribution in [0.3, 0.4) is 0 Å². The summed E-state index contributed by atoms with van der Waals surface area (Å²) in [5, 5.41) is 1.42. The number of benzene rings is 1. The van der Waals surface area contributed by atoms with Gasteiger partial charge < -0.3 is 9.47 Å². The fourth-order valence-corrected chi connectivity index (χ4v) is 2.25. The van der Waals surface area contributed by atoms with E-state index < -0.39 is 0 Å². The Kier molecular flexibility index (Phi) is 3.85. The van der Waals surface area contributed by atoms with Gasteiger partial charge in [0.2, 0.25) is 0 Å². The van der Waals surface area contributed by atoms with Crippen molar-refractivity contribution in [3.8, 4) is 0 Å². The van der Waals surface area contributed by atoms with Crippen LogP contribution in [-0.4, -0.2) is 29.6 Å². The molecule has 1 aromatic carbocycles. The Morgan fingerprint density at radius 2 is 1.94 bits per heavy atom. The molecule has 0 atom stereocenters. The number of likely N-dealkylation sites (N-methyl/N-ethyl adjacent to an activating group) is 1. The van der Waals surface area contributed by atoms with Crippen LogP contribution >= 0.6 is 0 Å². The van der Waals surface area contributed by atoms with Gasteiger partial charge in [0.1, 0.15) is 0 Å². The summed E-state index contributed by atoms with van der Waals surface area (Å²) in [6.45, 7) is 7.70. The molecule has 0 amide bonds. The van der Waals surface area contributed by atoms with Crippen LogP contribution in [0.1, 0.15) is 19.4 Å². The van der Waals surface area contributed by atoms with Gasteiger partial charge in [0, 0.05) is 30.2 Å². The van der Waals surface area contributed by atoms with Gasteiger partial charge in [0.05, 0.1) is 0 Å². The lowest BCUT2D eigenvalue weighted by Gasteiger charge is -2.12. The SMILES string of the molecule is CCN(C)CCc1cn(CC)c2ccccc12. The maximum Gasteiger partial charge on any atom is 0.0483 e. The molecular weight excluding hydrogens is 208 g/mol. The monoisotopic (exact) mass is 230 g/mol. The molecule has 2 aromatic rings. The summed E-state index contributed by atoms with van der Waals surface area (Å²) in [6.07, 6.45) is 3.45. The number of hydrogen-bond donors (Lipinski definition) is 0. The van der Waals surface area contributed by atoms with Gasteiger partial charge in [0.15, 0.2) is 0 Å². The number of aromatic nitrogens is 1. The zero-order valence-electron chi connectivity index (χ0n) is 11.1. The highest BCUT2D eigenvalue weighted by Gasteiger charge is 2.07. The Balaban J connectivity index is 2.28. The molecule has 0 N–H and O–H groups in total. The first-order valence-corrected chi connectivity index (χ1v) is 6.51. The number of para-hydroxylation sites is 1. The Morgan fingerprint density at radius 3 is 2.65 bits per heavy atom. The van der Waals surface area contributed by atoms with Crippen LogP contribution in [0.15, 0.2) is 30.5 Å². The molecule has 0 bridgehead atoms. The highest BCUT2D eigenvalue weighted by atomic mass is 15.1. The third kappa shape index (κ3) is 2.52. The van der Waals surface area contributed by atoms with E-state index in [1.807, 2.05) is 0 Å². The molecule has 0 aliphatic rings. The van der Waals surface area contributed by atoms with Crippen LogP contribution in [0.5, 0.6) is 0 Å². The van der Waals surface area contributed by atoms with E-state index in [0.29, 0.717) is 0 Å². The summed E-state index contributed by atoms with van der Waals surface area (Å²) < 4.78 is 2.34. The number of rotatable bonds is 5. The van der Waals surface area contributed by atoms with Crippen LogP contribution in [0.4, 0.5) is 0 Å². The van der Waals surface area contributed by atoms with Crippen molar-refractivity contribution in [3.05, 3.63) is 36.0 Å². The minimum atomic E-state index is 1.05. The molecule has 17 heavy (non-hydrogen) atoms. The molecule has 2 nitrogen and oxygen atoms in total. The predicted molar refractivity (Wildman–Crippen MR) is 74.5 cm³/mol. The Bertz CT molecular complexity index is 485. The van der Waals surface area contributed by atoms with Crippen LogP contribution in [0.25, 0.3) is 10.9 Å². The van der Waals surface area contributed by atoms with Gasteiger partial charge in [-0.25, -0.2) is 0 Å². The van der Waals surface area contributed by atoms with Crippen molar-refractivity contribution in [2.24, 2.45) is 0 Å². The van der Waals surface area contributed by atoms with Crippen molar-refractivity contribution in [1.82, 2.24) is 9.47 Å². The quantitative estimate of drug-likeness (QED) is 0.766. The third-order valence-corrected chi connectivity index (χ3v) is 3.51. The second-order valence-electron chi connectivity index (χ2n) is 4.60. The number of fused-ring (bicyclic) bond motifs is 1. The number of hydrogen-bond acceptors (Lipinski definition) is 1. The van der Waals surface area contributed by atoms with Crippen molar-refractivity contribution in [2.75, 3.05) is 20.1 Å². The lowest BCUT2D eigenvalue weighted by atomic mass is 10.1. The molecule has 0 unspecified atom stereocenters. The zero-order valence-corrected chi connectivity index (χ0v) is 11.1. The lowest BCUT2D eigenvalue weighted by molar-refractivity contribution is 0.358. The minimum absolute atomic E-state index is 1.05. The fourth-order valence-electron chi connectivity index (χ4n) is 2.25. The van der Waals surface area contributed by atoms with E-state index in [1.165, 1.54) is 16.5 Å². The van der Waals surface area contributed by atoms with E-state index in [4.69, 9.17) is 0 Å². The van der Waals surface area contributed by atoms with Crippen LogP contribution in [0, 0.1) is 0 Å². The second kappa shape index (κ2) is 5.37. The molecule has 2 rings (SSSR count). The first kappa shape index (κ1) is 12.2.